The number of aryl methyl sites for hydroxylation is 3. The Morgan fingerprint density at radius 1 is 1.16 bits per heavy atom. The molecule has 0 bridgehead atoms. The highest BCUT2D eigenvalue weighted by Gasteiger charge is 2.39. The Balaban J connectivity index is 1.66. The molecule has 0 amide bonds. The fourth-order valence-electron chi connectivity index (χ4n) is 4.41. The van der Waals surface area contributed by atoms with Crippen LogP contribution in [0.2, 0.25) is 5.02 Å². The standard InChI is InChI=1S/C27H23BrClF3N2O3/c1-15-11-19(12-16(2)23(15)29)37-10-4-6-21-20-5-3-7-22(28)24(20)34(25(21)27(30,31)32)14-18-9-8-17(13-33-18)26(35)36/h3,5,7-9,11-13H,4,6,10,14H2,1-2H3,(H,35,36). The molecule has 0 saturated carbocycles. The molecule has 0 aliphatic carbocycles. The molecule has 1 N–H and O–H groups in total. The lowest BCUT2D eigenvalue weighted by molar-refractivity contribution is -0.143. The molecule has 4 rings (SSSR count). The second kappa shape index (κ2) is 10.8. The quantitative estimate of drug-likeness (QED) is 0.211. The van der Waals surface area contributed by atoms with Crippen molar-refractivity contribution in [2.45, 2.75) is 39.4 Å². The van der Waals surface area contributed by atoms with Crippen LogP contribution in [-0.4, -0.2) is 27.2 Å². The number of aromatic nitrogens is 2. The number of benzene rings is 2. The van der Waals surface area contributed by atoms with E-state index in [2.05, 4.69) is 20.9 Å². The number of hydrogen-bond acceptors (Lipinski definition) is 3. The zero-order valence-electron chi connectivity index (χ0n) is 20.0. The first kappa shape index (κ1) is 27.0. The van der Waals surface area contributed by atoms with Gasteiger partial charge in [-0.25, -0.2) is 4.79 Å². The van der Waals surface area contributed by atoms with Gasteiger partial charge in [-0.15, -0.1) is 0 Å². The summed E-state index contributed by atoms with van der Waals surface area (Å²) >= 11 is 9.62. The second-order valence-electron chi connectivity index (χ2n) is 8.71. The SMILES string of the molecule is Cc1cc(OCCCc2c(C(F)(F)F)n(Cc3ccc(C(=O)O)cn3)c3c(Br)cccc23)cc(C)c1Cl. The highest BCUT2D eigenvalue weighted by atomic mass is 79.9. The minimum atomic E-state index is -4.62. The van der Waals surface area contributed by atoms with Gasteiger partial charge in [0.15, 0.2) is 0 Å². The van der Waals surface area contributed by atoms with Gasteiger partial charge in [-0.05, 0) is 89.6 Å². The van der Waals surface area contributed by atoms with Crippen molar-refractivity contribution >= 4 is 44.4 Å². The molecule has 0 aliphatic rings. The van der Waals surface area contributed by atoms with Crippen molar-refractivity contribution in [2.24, 2.45) is 0 Å². The molecule has 2 heterocycles. The molecule has 0 spiro atoms. The van der Waals surface area contributed by atoms with Gasteiger partial charge < -0.3 is 14.4 Å². The normalized spacial score (nSPS) is 11.8. The number of pyridine rings is 1. The van der Waals surface area contributed by atoms with Gasteiger partial charge in [0.05, 0.1) is 29.9 Å². The fraction of sp³-hybridized carbons (Fsp3) is 0.259. The molecule has 0 saturated heterocycles. The first-order valence-electron chi connectivity index (χ1n) is 11.4. The van der Waals surface area contributed by atoms with E-state index in [0.29, 0.717) is 38.3 Å². The van der Waals surface area contributed by atoms with Crippen LogP contribution in [-0.2, 0) is 19.1 Å². The van der Waals surface area contributed by atoms with Gasteiger partial charge in [0, 0.05) is 21.1 Å². The molecular weight excluding hydrogens is 573 g/mol. The van der Waals surface area contributed by atoms with Crippen molar-refractivity contribution in [3.63, 3.8) is 0 Å². The van der Waals surface area contributed by atoms with Crippen molar-refractivity contribution in [3.05, 3.63) is 91.8 Å². The fourth-order valence-corrected chi connectivity index (χ4v) is 5.10. The van der Waals surface area contributed by atoms with Crippen molar-refractivity contribution < 1.29 is 27.8 Å². The number of nitrogens with zero attached hydrogens (tertiary/aromatic N) is 2. The van der Waals surface area contributed by atoms with Crippen LogP contribution in [0, 0.1) is 13.8 Å². The van der Waals surface area contributed by atoms with E-state index >= 15 is 0 Å². The van der Waals surface area contributed by atoms with Crippen LogP contribution in [0.5, 0.6) is 5.75 Å². The Hall–Kier alpha value is -3.04. The van der Waals surface area contributed by atoms with E-state index < -0.39 is 17.8 Å². The number of carboxylic acids is 1. The smallest absolute Gasteiger partial charge is 0.431 e. The van der Waals surface area contributed by atoms with Gasteiger partial charge >= 0.3 is 12.1 Å². The molecule has 0 fully saturated rings. The van der Waals surface area contributed by atoms with Crippen LogP contribution in [0.4, 0.5) is 13.2 Å². The van der Waals surface area contributed by atoms with Crippen LogP contribution < -0.4 is 4.74 Å². The summed E-state index contributed by atoms with van der Waals surface area (Å²) in [5, 5.41) is 10.2. The first-order valence-corrected chi connectivity index (χ1v) is 12.6. The first-order chi connectivity index (χ1) is 17.5. The number of para-hydroxylation sites is 1. The summed E-state index contributed by atoms with van der Waals surface area (Å²) in [7, 11) is 0. The number of rotatable bonds is 8. The molecule has 2 aromatic heterocycles. The predicted molar refractivity (Wildman–Crippen MR) is 140 cm³/mol. The average Bonchev–Trinajstić information content (AvgIpc) is 3.15. The van der Waals surface area contributed by atoms with Gasteiger partial charge in [-0.1, -0.05) is 23.7 Å². The maximum atomic E-state index is 14.5. The van der Waals surface area contributed by atoms with Gasteiger partial charge in [0.25, 0.3) is 0 Å². The van der Waals surface area contributed by atoms with Crippen LogP contribution >= 0.6 is 27.5 Å². The Morgan fingerprint density at radius 3 is 2.46 bits per heavy atom. The highest BCUT2D eigenvalue weighted by molar-refractivity contribution is 9.10. The third-order valence-corrected chi connectivity index (χ3v) is 7.28. The van der Waals surface area contributed by atoms with E-state index in [-0.39, 0.29) is 30.7 Å². The van der Waals surface area contributed by atoms with E-state index in [1.165, 1.54) is 16.7 Å². The Bertz CT molecular complexity index is 1440. The summed E-state index contributed by atoms with van der Waals surface area (Å²) in [4.78, 5) is 15.2. The molecule has 37 heavy (non-hydrogen) atoms. The van der Waals surface area contributed by atoms with Crippen molar-refractivity contribution in [1.82, 2.24) is 9.55 Å². The van der Waals surface area contributed by atoms with Gasteiger partial charge in [0.1, 0.15) is 11.4 Å². The number of hydrogen-bond donors (Lipinski definition) is 1. The van der Waals surface area contributed by atoms with E-state index in [9.17, 15) is 18.0 Å². The minimum Gasteiger partial charge on any atom is -0.494 e. The van der Waals surface area contributed by atoms with Crippen LogP contribution in [0.25, 0.3) is 10.9 Å². The molecule has 0 unspecified atom stereocenters. The Kier molecular flexibility index (Phi) is 7.85. The summed E-state index contributed by atoms with van der Waals surface area (Å²) in [5.41, 5.74) is 1.84. The predicted octanol–water partition coefficient (Wildman–Crippen LogP) is 7.85. The van der Waals surface area contributed by atoms with E-state index in [0.717, 1.165) is 17.3 Å². The average molecular weight is 596 g/mol. The third-order valence-electron chi connectivity index (χ3n) is 6.05. The Labute approximate surface area is 225 Å². The maximum absolute atomic E-state index is 14.5. The molecule has 0 atom stereocenters. The van der Waals surface area contributed by atoms with Crippen LogP contribution in [0.15, 0.2) is 53.1 Å². The maximum Gasteiger partial charge on any atom is 0.431 e. The van der Waals surface area contributed by atoms with Gasteiger partial charge in [-0.3, -0.25) is 4.98 Å². The van der Waals surface area contributed by atoms with Crippen LogP contribution in [0.3, 0.4) is 0 Å². The largest absolute Gasteiger partial charge is 0.494 e. The highest BCUT2D eigenvalue weighted by Crippen LogP contribution is 2.41. The monoisotopic (exact) mass is 594 g/mol. The number of fused-ring (bicyclic) bond motifs is 1. The number of aromatic carboxylic acids is 1. The Morgan fingerprint density at radius 2 is 1.86 bits per heavy atom. The van der Waals surface area contributed by atoms with Gasteiger partial charge in [-0.2, -0.15) is 13.2 Å². The summed E-state index contributed by atoms with van der Waals surface area (Å²) < 4.78 is 51.0. The summed E-state index contributed by atoms with van der Waals surface area (Å²) in [6, 6.07) is 11.4. The molecule has 0 radical (unpaired) electrons. The molecule has 0 aliphatic heterocycles. The van der Waals surface area contributed by atoms with E-state index in [4.69, 9.17) is 21.4 Å². The third kappa shape index (κ3) is 5.78. The molecule has 5 nitrogen and oxygen atoms in total. The van der Waals surface area contributed by atoms with Gasteiger partial charge in [0.2, 0.25) is 0 Å². The number of alkyl halides is 3. The zero-order valence-corrected chi connectivity index (χ0v) is 22.3. The number of carbonyl (C=O) groups is 1. The lowest BCUT2D eigenvalue weighted by Gasteiger charge is -2.15. The van der Waals surface area contributed by atoms with Crippen molar-refractivity contribution in [3.8, 4) is 5.75 Å². The van der Waals surface area contributed by atoms with Crippen molar-refractivity contribution in [1.29, 1.82) is 0 Å². The molecular formula is C27H23BrClF3N2O3. The summed E-state index contributed by atoms with van der Waals surface area (Å²) in [6.45, 7) is 3.80. The summed E-state index contributed by atoms with van der Waals surface area (Å²) in [6.07, 6.45) is -2.98. The molecule has 10 heteroatoms. The lowest BCUT2D eigenvalue weighted by atomic mass is 10.1. The molecule has 194 valence electrons. The van der Waals surface area contributed by atoms with Crippen LogP contribution in [0.1, 0.15) is 44.9 Å². The number of carboxylic acid groups (broad SMARTS) is 1. The minimum absolute atomic E-state index is 0.0369. The number of ether oxygens (including phenoxy) is 1. The van der Waals surface area contributed by atoms with Crippen molar-refractivity contribution in [2.75, 3.05) is 6.61 Å². The molecule has 4 aromatic rings. The number of halogens is 5. The summed E-state index contributed by atoms with van der Waals surface area (Å²) in [5.74, 6) is -0.533. The van der Waals surface area contributed by atoms with E-state index in [1.54, 1.807) is 18.2 Å². The van der Waals surface area contributed by atoms with E-state index in [1.807, 2.05) is 26.0 Å². The lowest BCUT2D eigenvalue weighted by Crippen LogP contribution is -2.17. The topological polar surface area (TPSA) is 64.3 Å². The molecule has 2 aromatic carbocycles. The zero-order chi connectivity index (χ0) is 26.9. The second-order valence-corrected chi connectivity index (χ2v) is 9.95.